The molecule has 2 amide bonds. The monoisotopic (exact) mass is 955 g/mol. The first-order chi connectivity index (χ1) is 31.3. The fourth-order valence-electron chi connectivity index (χ4n) is 7.81. The number of aliphatic hydroxyl groups excluding tert-OH is 8. The van der Waals surface area contributed by atoms with Gasteiger partial charge in [0.15, 0.2) is 48.9 Å². The summed E-state index contributed by atoms with van der Waals surface area (Å²) in [6, 6.07) is 1.25. The first kappa shape index (κ1) is 54.8. The van der Waals surface area contributed by atoms with E-state index in [1.807, 2.05) is 0 Å². The number of aliphatic carboxylic acids is 1. The Balaban J connectivity index is 0.00000309. The maximum atomic E-state index is 14.1. The number of methoxy groups -OCH3 is 2. The SMILES string of the molecule is CC=O.CNC1C(OC2C(C(=O)NCCc3ccc(O)c(O)c3)OC(OC3C(O)C(CO)OC(OC)C3NC(C)=O)C(O)C2O)OC(CO)C(O)C1OC1OC(C(=O)O)C(OC)C(O)C1O. The number of aromatic hydroxyl groups is 2. The number of aliphatic hydroxyl groups is 8. The summed E-state index contributed by atoms with van der Waals surface area (Å²) in [5.74, 6) is -4.02. The molecule has 20 unspecified atom stereocenters. The zero-order chi connectivity index (χ0) is 49.2. The van der Waals surface area contributed by atoms with Gasteiger partial charge in [-0.1, -0.05) is 6.07 Å². The molecule has 1 aromatic rings. The molecule has 1 aromatic carbocycles. The molecule has 4 saturated heterocycles. The van der Waals surface area contributed by atoms with Crippen LogP contribution in [0, 0.1) is 0 Å². The van der Waals surface area contributed by atoms with E-state index in [-0.39, 0.29) is 18.7 Å². The lowest BCUT2D eigenvalue weighted by molar-refractivity contribution is -0.368. The Morgan fingerprint density at radius 1 is 0.682 bits per heavy atom. The van der Waals surface area contributed by atoms with Gasteiger partial charge in [0.1, 0.15) is 85.6 Å². The predicted octanol–water partition coefficient (Wildman–Crippen LogP) is -6.99. The van der Waals surface area contributed by atoms with Gasteiger partial charge in [-0.25, -0.2) is 4.79 Å². The molecule has 0 bridgehead atoms. The Morgan fingerprint density at radius 3 is 1.68 bits per heavy atom. The van der Waals surface area contributed by atoms with Crippen molar-refractivity contribution in [1.82, 2.24) is 16.0 Å². The number of phenolic OH excluding ortho intramolecular Hbond substituents is 2. The van der Waals surface area contributed by atoms with Crippen molar-refractivity contribution in [2.75, 3.05) is 41.0 Å². The molecule has 0 spiro atoms. The lowest BCUT2D eigenvalue weighted by Crippen LogP contribution is -2.70. The van der Waals surface area contributed by atoms with Crippen molar-refractivity contribution in [3.63, 3.8) is 0 Å². The zero-order valence-electron chi connectivity index (χ0n) is 36.4. The first-order valence-electron chi connectivity index (χ1n) is 20.6. The molecule has 5 rings (SSSR count). The second-order valence-corrected chi connectivity index (χ2v) is 15.5. The highest BCUT2D eigenvalue weighted by molar-refractivity contribution is 5.81. The van der Waals surface area contributed by atoms with E-state index in [2.05, 4.69) is 16.0 Å². The molecule has 4 heterocycles. The van der Waals surface area contributed by atoms with Gasteiger partial charge in [-0.15, -0.1) is 0 Å². The third-order valence-electron chi connectivity index (χ3n) is 11.1. The van der Waals surface area contributed by atoms with E-state index in [0.717, 1.165) is 20.3 Å². The number of carbonyl (C=O) groups is 4. The highest BCUT2D eigenvalue weighted by Crippen LogP contribution is 2.35. The van der Waals surface area contributed by atoms with Gasteiger partial charge in [-0.2, -0.15) is 0 Å². The number of likely N-dealkylation sites (N-methyl/N-ethyl adjacent to an activating group) is 1. The molecular weight excluding hydrogens is 894 g/mol. The first-order valence-corrected chi connectivity index (χ1v) is 20.6. The van der Waals surface area contributed by atoms with Crippen molar-refractivity contribution < 1.29 is 118 Å². The minimum atomic E-state index is -2.14. The van der Waals surface area contributed by atoms with Crippen LogP contribution >= 0.6 is 0 Å². The Bertz CT molecular complexity index is 1730. The Kier molecular flexibility index (Phi) is 20.7. The Morgan fingerprint density at radius 2 is 1.20 bits per heavy atom. The van der Waals surface area contributed by atoms with Crippen LogP contribution < -0.4 is 16.0 Å². The largest absolute Gasteiger partial charge is 0.504 e. The van der Waals surface area contributed by atoms with Crippen molar-refractivity contribution in [3.8, 4) is 11.5 Å². The van der Waals surface area contributed by atoms with E-state index in [0.29, 0.717) is 5.56 Å². The number of rotatable bonds is 17. The van der Waals surface area contributed by atoms with Crippen molar-refractivity contribution in [2.24, 2.45) is 0 Å². The van der Waals surface area contributed by atoms with E-state index < -0.39 is 159 Å². The quantitative estimate of drug-likeness (QED) is 0.0510. The van der Waals surface area contributed by atoms with Gasteiger partial charge in [-0.05, 0) is 38.1 Å². The van der Waals surface area contributed by atoms with Crippen LogP contribution in [0.1, 0.15) is 19.4 Å². The molecule has 20 atom stereocenters. The van der Waals surface area contributed by atoms with Gasteiger partial charge >= 0.3 is 5.97 Å². The predicted molar refractivity (Wildman–Crippen MR) is 214 cm³/mol. The molecule has 66 heavy (non-hydrogen) atoms. The van der Waals surface area contributed by atoms with Crippen molar-refractivity contribution in [3.05, 3.63) is 23.8 Å². The molecule has 27 heteroatoms. The third kappa shape index (κ3) is 12.6. The minimum absolute atomic E-state index is 0.0802. The smallest absolute Gasteiger partial charge is 0.335 e. The van der Waals surface area contributed by atoms with Crippen molar-refractivity contribution >= 4 is 24.1 Å². The zero-order valence-corrected chi connectivity index (χ0v) is 36.4. The summed E-state index contributed by atoms with van der Waals surface area (Å²) in [4.78, 5) is 47.1. The van der Waals surface area contributed by atoms with Gasteiger partial charge < -0.3 is 120 Å². The van der Waals surface area contributed by atoms with Crippen LogP contribution in [0.2, 0.25) is 0 Å². The number of phenols is 2. The maximum absolute atomic E-state index is 14.1. The van der Waals surface area contributed by atoms with E-state index >= 15 is 0 Å². The van der Waals surface area contributed by atoms with Crippen LogP contribution in [-0.2, 0) is 68.2 Å². The summed E-state index contributed by atoms with van der Waals surface area (Å²) in [5, 5.41) is 125. The average molecular weight is 956 g/mol. The standard InChI is InChI=1S/C37H57N3O23.C2H4O/c1-12(43)40-19-27(21(47)16(10-41)57-34(19)56-4)60-36-25(51)23(49)29(30(62-36)32(52)39-8-7-13-5-6-14(44)15(45)9-13)61-35-18(38-2)26(20(46)17(11-42)58-35)59-37-24(50)22(48)28(55-3)31(63-37)33(53)54;1-2-3/h5-6,9,16-31,34-38,41-42,44-51H,7-8,10-11H2,1-4H3,(H,39,52)(H,40,43)(H,53,54);2H,1H3. The normalized spacial score (nSPS) is 39.2. The van der Waals surface area contributed by atoms with Gasteiger partial charge in [0.2, 0.25) is 5.91 Å². The van der Waals surface area contributed by atoms with Crippen molar-refractivity contribution in [1.29, 1.82) is 0 Å². The number of amides is 2. The van der Waals surface area contributed by atoms with E-state index in [1.165, 1.54) is 39.3 Å². The number of carboxylic acid groups (broad SMARTS) is 1. The highest BCUT2D eigenvalue weighted by atomic mass is 16.8. The molecule has 0 radical (unpaired) electrons. The van der Waals surface area contributed by atoms with Gasteiger partial charge in [0, 0.05) is 27.7 Å². The number of hydrogen-bond donors (Lipinski definition) is 14. The molecule has 4 aliphatic heterocycles. The third-order valence-corrected chi connectivity index (χ3v) is 11.1. The van der Waals surface area contributed by atoms with Gasteiger partial charge in [0.25, 0.3) is 5.91 Å². The van der Waals surface area contributed by atoms with Gasteiger partial charge in [-0.3, -0.25) is 9.59 Å². The molecule has 376 valence electrons. The van der Waals surface area contributed by atoms with Gasteiger partial charge in [0.05, 0.1) is 19.3 Å². The molecule has 0 saturated carbocycles. The molecule has 4 aliphatic rings. The fourth-order valence-corrected chi connectivity index (χ4v) is 7.81. The summed E-state index contributed by atoms with van der Waals surface area (Å²) < 4.78 is 51.1. The van der Waals surface area contributed by atoms with Crippen molar-refractivity contribution in [2.45, 2.75) is 143 Å². The summed E-state index contributed by atoms with van der Waals surface area (Å²) in [5.41, 5.74) is 0.474. The number of carbonyl (C=O) groups excluding carboxylic acids is 3. The number of aldehydes is 1. The van der Waals surface area contributed by atoms with Crippen LogP contribution in [0.5, 0.6) is 11.5 Å². The number of nitrogens with one attached hydrogen (secondary N) is 3. The lowest BCUT2D eigenvalue weighted by Gasteiger charge is -2.50. The minimum Gasteiger partial charge on any atom is -0.504 e. The fraction of sp³-hybridized carbons (Fsp3) is 0.744. The summed E-state index contributed by atoms with van der Waals surface area (Å²) in [6.07, 6.45) is -31.2. The van der Waals surface area contributed by atoms with Crippen LogP contribution in [0.15, 0.2) is 18.2 Å². The lowest BCUT2D eigenvalue weighted by atomic mass is 9.94. The van der Waals surface area contributed by atoms with E-state index in [9.17, 15) is 70.6 Å². The van der Waals surface area contributed by atoms with Crippen LogP contribution in [-0.4, -0.2) is 244 Å². The van der Waals surface area contributed by atoms with Crippen LogP contribution in [0.4, 0.5) is 0 Å². The highest BCUT2D eigenvalue weighted by Gasteiger charge is 2.57. The number of benzene rings is 1. The maximum Gasteiger partial charge on any atom is 0.335 e. The average Bonchev–Trinajstić information content (AvgIpc) is 3.28. The molecule has 14 N–H and O–H groups in total. The number of hydrogen-bond acceptors (Lipinski definition) is 24. The molecule has 4 fully saturated rings. The Hall–Kier alpha value is -3.82. The summed E-state index contributed by atoms with van der Waals surface area (Å²) in [6.45, 7) is 0.773. The number of carboxylic acids is 1. The Labute approximate surface area is 377 Å². The van der Waals surface area contributed by atoms with Crippen LogP contribution in [0.25, 0.3) is 0 Å². The molecule has 0 aromatic heterocycles. The number of ether oxygens (including phenoxy) is 9. The van der Waals surface area contributed by atoms with Crippen LogP contribution in [0.3, 0.4) is 0 Å². The topological polar surface area (TPSA) is 410 Å². The second kappa shape index (κ2) is 25.0. The summed E-state index contributed by atoms with van der Waals surface area (Å²) in [7, 11) is 3.62. The molecule has 0 aliphatic carbocycles. The molecule has 27 nitrogen and oxygen atoms in total. The second-order valence-electron chi connectivity index (χ2n) is 15.5. The molecular formula is C39H61N3O24. The summed E-state index contributed by atoms with van der Waals surface area (Å²) >= 11 is 0. The van der Waals surface area contributed by atoms with E-state index in [1.54, 1.807) is 0 Å². The van der Waals surface area contributed by atoms with E-state index in [4.69, 9.17) is 47.4 Å².